The highest BCUT2D eigenvalue weighted by Gasteiger charge is 2.23. The van der Waals surface area contributed by atoms with E-state index in [1.54, 1.807) is 4.90 Å². The van der Waals surface area contributed by atoms with E-state index >= 15 is 0 Å². The molecule has 1 aliphatic rings. The van der Waals surface area contributed by atoms with Gasteiger partial charge in [0.15, 0.2) is 0 Å². The summed E-state index contributed by atoms with van der Waals surface area (Å²) in [4.78, 5) is 28.0. The maximum atomic E-state index is 13.6. The van der Waals surface area contributed by atoms with Gasteiger partial charge in [0.1, 0.15) is 18.1 Å². The van der Waals surface area contributed by atoms with Gasteiger partial charge in [0, 0.05) is 37.9 Å². The Morgan fingerprint density at radius 3 is 2.31 bits per heavy atom. The summed E-state index contributed by atoms with van der Waals surface area (Å²) in [6.45, 7) is 2.41. The van der Waals surface area contributed by atoms with Gasteiger partial charge in [-0.05, 0) is 24.3 Å². The number of nitrogens with one attached hydrogen (secondary N) is 1. The fourth-order valence-corrected chi connectivity index (χ4v) is 2.89. The maximum Gasteiger partial charge on any atom is 0.233 e. The quantitative estimate of drug-likeness (QED) is 0.854. The molecular weight excluding hydrogens is 340 g/mol. The molecule has 0 atom stereocenters. The summed E-state index contributed by atoms with van der Waals surface area (Å²) < 4.78 is 26.4. The van der Waals surface area contributed by atoms with Crippen molar-refractivity contribution in [2.24, 2.45) is 0 Å². The molecule has 0 saturated carbocycles. The third kappa shape index (κ3) is 4.36. The fraction of sp³-hybridized carbons (Fsp3) is 0.263. The van der Waals surface area contributed by atoms with Crippen LogP contribution in [0.3, 0.4) is 0 Å². The molecule has 1 aliphatic heterocycles. The normalized spacial score (nSPS) is 14.2. The Labute approximate surface area is 150 Å². The van der Waals surface area contributed by atoms with Gasteiger partial charge in [0.25, 0.3) is 0 Å². The van der Waals surface area contributed by atoms with Crippen LogP contribution in [0, 0.1) is 11.6 Å². The zero-order chi connectivity index (χ0) is 18.5. The van der Waals surface area contributed by atoms with Crippen LogP contribution in [0.15, 0.2) is 48.5 Å². The molecule has 2 amide bonds. The van der Waals surface area contributed by atoms with Crippen LogP contribution >= 0.6 is 0 Å². The number of rotatable bonds is 4. The number of carbonyl (C=O) groups is 2. The lowest BCUT2D eigenvalue weighted by atomic mass is 10.2. The first-order chi connectivity index (χ1) is 12.5. The topological polar surface area (TPSA) is 52.7 Å². The molecule has 0 unspecified atom stereocenters. The molecular formula is C19H19F2N3O2. The van der Waals surface area contributed by atoms with Crippen LogP contribution in [0.4, 0.5) is 20.2 Å². The van der Waals surface area contributed by atoms with E-state index in [9.17, 15) is 18.4 Å². The lowest BCUT2D eigenvalue weighted by Gasteiger charge is -2.36. The molecule has 26 heavy (non-hydrogen) atoms. The second kappa shape index (κ2) is 7.95. The van der Waals surface area contributed by atoms with Crippen LogP contribution in [0.1, 0.15) is 6.42 Å². The highest BCUT2D eigenvalue weighted by molar-refractivity contribution is 6.03. The van der Waals surface area contributed by atoms with E-state index in [1.165, 1.54) is 0 Å². The van der Waals surface area contributed by atoms with E-state index in [0.29, 0.717) is 32.2 Å². The molecule has 0 aromatic heterocycles. The van der Waals surface area contributed by atoms with Gasteiger partial charge in [-0.3, -0.25) is 9.59 Å². The Kier molecular flexibility index (Phi) is 5.46. The van der Waals surface area contributed by atoms with E-state index < -0.39 is 17.5 Å². The van der Waals surface area contributed by atoms with E-state index in [4.69, 9.17) is 0 Å². The number of nitrogens with zero attached hydrogens (tertiary/aromatic N) is 2. The average Bonchev–Trinajstić information content (AvgIpc) is 2.65. The zero-order valence-electron chi connectivity index (χ0n) is 14.1. The maximum absolute atomic E-state index is 13.6. The van der Waals surface area contributed by atoms with Crippen molar-refractivity contribution >= 4 is 23.2 Å². The van der Waals surface area contributed by atoms with Crippen molar-refractivity contribution in [3.63, 3.8) is 0 Å². The largest absolute Gasteiger partial charge is 0.368 e. The lowest BCUT2D eigenvalue weighted by molar-refractivity contribution is -0.134. The number of piperazine rings is 1. The van der Waals surface area contributed by atoms with Crippen molar-refractivity contribution < 1.29 is 18.4 Å². The number of benzene rings is 2. The van der Waals surface area contributed by atoms with E-state index in [2.05, 4.69) is 10.2 Å². The smallest absolute Gasteiger partial charge is 0.233 e. The van der Waals surface area contributed by atoms with Crippen molar-refractivity contribution in [3.05, 3.63) is 60.2 Å². The number of hydrogen-bond donors (Lipinski definition) is 1. The summed E-state index contributed by atoms with van der Waals surface area (Å²) in [5, 5.41) is 2.30. The molecule has 1 N–H and O–H groups in total. The summed E-state index contributed by atoms with van der Waals surface area (Å²) in [6, 6.07) is 12.8. The van der Waals surface area contributed by atoms with Gasteiger partial charge in [-0.25, -0.2) is 8.78 Å². The first-order valence-electron chi connectivity index (χ1n) is 8.35. The molecule has 0 radical (unpaired) electrons. The van der Waals surface area contributed by atoms with Crippen LogP contribution in [0.25, 0.3) is 0 Å². The van der Waals surface area contributed by atoms with Gasteiger partial charge in [-0.15, -0.1) is 0 Å². The summed E-state index contributed by atoms with van der Waals surface area (Å²) in [7, 11) is 0. The van der Waals surface area contributed by atoms with Gasteiger partial charge in [0.2, 0.25) is 11.8 Å². The number of para-hydroxylation sites is 1. The molecule has 3 rings (SSSR count). The van der Waals surface area contributed by atoms with E-state index in [1.807, 2.05) is 30.3 Å². The van der Waals surface area contributed by atoms with Crippen LogP contribution in [0.5, 0.6) is 0 Å². The Hall–Kier alpha value is -2.96. The molecule has 0 bridgehead atoms. The Morgan fingerprint density at radius 2 is 1.65 bits per heavy atom. The number of anilines is 2. The number of carbonyl (C=O) groups excluding carboxylic acids is 2. The summed E-state index contributed by atoms with van der Waals surface area (Å²) in [6.07, 6.45) is -0.373. The predicted octanol–water partition coefficient (Wildman–Crippen LogP) is 2.64. The van der Waals surface area contributed by atoms with Crippen molar-refractivity contribution in [1.29, 1.82) is 0 Å². The van der Waals surface area contributed by atoms with Crippen molar-refractivity contribution in [3.8, 4) is 0 Å². The molecule has 5 nitrogen and oxygen atoms in total. The highest BCUT2D eigenvalue weighted by atomic mass is 19.1. The molecule has 1 saturated heterocycles. The van der Waals surface area contributed by atoms with Gasteiger partial charge >= 0.3 is 0 Å². The van der Waals surface area contributed by atoms with Gasteiger partial charge in [-0.2, -0.15) is 0 Å². The van der Waals surface area contributed by atoms with Gasteiger partial charge in [-0.1, -0.05) is 18.2 Å². The van der Waals surface area contributed by atoms with Crippen LogP contribution in [0.2, 0.25) is 0 Å². The molecule has 2 aromatic rings. The summed E-state index contributed by atoms with van der Waals surface area (Å²) in [5.74, 6) is -2.53. The van der Waals surface area contributed by atoms with Crippen molar-refractivity contribution in [2.45, 2.75) is 6.42 Å². The van der Waals surface area contributed by atoms with Gasteiger partial charge in [0.05, 0.1) is 5.69 Å². The number of hydrogen-bond acceptors (Lipinski definition) is 3. The van der Waals surface area contributed by atoms with E-state index in [0.717, 1.165) is 17.8 Å². The molecule has 1 fully saturated rings. The monoisotopic (exact) mass is 359 g/mol. The third-order valence-electron chi connectivity index (χ3n) is 4.27. The van der Waals surface area contributed by atoms with Gasteiger partial charge < -0.3 is 15.1 Å². The molecule has 0 spiro atoms. The summed E-state index contributed by atoms with van der Waals surface area (Å²) >= 11 is 0. The number of amides is 2. The Bertz CT molecular complexity index is 791. The third-order valence-corrected chi connectivity index (χ3v) is 4.27. The number of halogens is 2. The van der Waals surface area contributed by atoms with Crippen LogP contribution in [-0.2, 0) is 9.59 Å². The standard InChI is InChI=1S/C19H19F2N3O2/c20-14-6-7-17(16(21)12-14)22-18(25)13-19(26)24-10-8-23(9-11-24)15-4-2-1-3-5-15/h1-7,12H,8-11,13H2,(H,22,25). The van der Waals surface area contributed by atoms with Crippen LogP contribution in [-0.4, -0.2) is 42.9 Å². The summed E-state index contributed by atoms with van der Waals surface area (Å²) in [5.41, 5.74) is 0.960. The zero-order valence-corrected chi connectivity index (χ0v) is 14.1. The molecule has 136 valence electrons. The minimum Gasteiger partial charge on any atom is -0.368 e. The Morgan fingerprint density at radius 1 is 0.962 bits per heavy atom. The SMILES string of the molecule is O=C(CC(=O)N1CCN(c2ccccc2)CC1)Nc1ccc(F)cc1F. The van der Waals surface area contributed by atoms with Crippen molar-refractivity contribution in [1.82, 2.24) is 4.90 Å². The average molecular weight is 359 g/mol. The fourth-order valence-electron chi connectivity index (χ4n) is 2.89. The molecule has 2 aromatic carbocycles. The minimum atomic E-state index is -0.873. The van der Waals surface area contributed by atoms with Crippen LogP contribution < -0.4 is 10.2 Å². The first-order valence-corrected chi connectivity index (χ1v) is 8.35. The van der Waals surface area contributed by atoms with E-state index in [-0.39, 0.29) is 18.0 Å². The molecule has 0 aliphatic carbocycles. The second-order valence-corrected chi connectivity index (χ2v) is 6.05. The Balaban J connectivity index is 1.50. The highest BCUT2D eigenvalue weighted by Crippen LogP contribution is 2.17. The molecule has 7 heteroatoms. The minimum absolute atomic E-state index is 0.141. The molecule has 1 heterocycles. The predicted molar refractivity (Wildman–Crippen MR) is 94.8 cm³/mol. The first kappa shape index (κ1) is 17.8. The van der Waals surface area contributed by atoms with Crippen molar-refractivity contribution in [2.75, 3.05) is 36.4 Å². The lowest BCUT2D eigenvalue weighted by Crippen LogP contribution is -2.49. The second-order valence-electron chi connectivity index (χ2n) is 6.05.